The summed E-state index contributed by atoms with van der Waals surface area (Å²) in [6, 6.07) is 5.17. The average Bonchev–Trinajstić information content (AvgIpc) is 2.97. The SMILES string of the molecule is Cc1cc(C)n(-c2ccc(Cl)c(C(=O)OCC(=O)N3CC(C)CC(C)C3)n2)n1. The van der Waals surface area contributed by atoms with Gasteiger partial charge in [-0.2, -0.15) is 5.10 Å². The van der Waals surface area contributed by atoms with Crippen molar-refractivity contribution in [1.29, 1.82) is 0 Å². The van der Waals surface area contributed by atoms with Gasteiger partial charge in [0.1, 0.15) is 0 Å². The van der Waals surface area contributed by atoms with E-state index in [9.17, 15) is 9.59 Å². The largest absolute Gasteiger partial charge is 0.451 e. The molecule has 3 heterocycles. The predicted molar refractivity (Wildman–Crippen MR) is 106 cm³/mol. The van der Waals surface area contributed by atoms with Crippen LogP contribution in [0, 0.1) is 25.7 Å². The molecule has 0 radical (unpaired) electrons. The number of pyridine rings is 1. The van der Waals surface area contributed by atoms with Crippen LogP contribution in [0.4, 0.5) is 0 Å². The van der Waals surface area contributed by atoms with E-state index in [0.29, 0.717) is 30.7 Å². The second-order valence-electron chi connectivity index (χ2n) is 7.66. The van der Waals surface area contributed by atoms with Gasteiger partial charge < -0.3 is 9.64 Å². The number of rotatable bonds is 4. The number of aromatic nitrogens is 3. The first-order chi connectivity index (χ1) is 13.2. The number of aryl methyl sites for hydroxylation is 2. The van der Waals surface area contributed by atoms with Crippen LogP contribution in [0.15, 0.2) is 18.2 Å². The van der Waals surface area contributed by atoms with Crippen molar-refractivity contribution in [3.05, 3.63) is 40.3 Å². The minimum Gasteiger partial charge on any atom is -0.451 e. The third-order valence-corrected chi connectivity index (χ3v) is 5.10. The Labute approximate surface area is 169 Å². The third-order valence-electron chi connectivity index (χ3n) is 4.80. The lowest BCUT2D eigenvalue weighted by Gasteiger charge is -2.34. The zero-order valence-corrected chi connectivity index (χ0v) is 17.4. The monoisotopic (exact) mass is 404 g/mol. The summed E-state index contributed by atoms with van der Waals surface area (Å²) >= 11 is 6.14. The number of piperidine rings is 1. The number of esters is 1. The number of carbonyl (C=O) groups excluding carboxylic acids is 2. The van der Waals surface area contributed by atoms with Crippen molar-refractivity contribution in [2.24, 2.45) is 11.8 Å². The lowest BCUT2D eigenvalue weighted by Crippen LogP contribution is -2.44. The average molecular weight is 405 g/mol. The molecule has 28 heavy (non-hydrogen) atoms. The van der Waals surface area contributed by atoms with Crippen LogP contribution >= 0.6 is 11.6 Å². The minimum atomic E-state index is -0.722. The van der Waals surface area contributed by atoms with E-state index in [1.165, 1.54) is 0 Å². The van der Waals surface area contributed by atoms with E-state index in [4.69, 9.17) is 16.3 Å². The highest BCUT2D eigenvalue weighted by Crippen LogP contribution is 2.22. The quantitative estimate of drug-likeness (QED) is 0.731. The Hall–Kier alpha value is -2.41. The van der Waals surface area contributed by atoms with Gasteiger partial charge in [-0.05, 0) is 50.3 Å². The van der Waals surface area contributed by atoms with Crippen molar-refractivity contribution in [2.75, 3.05) is 19.7 Å². The van der Waals surface area contributed by atoms with Gasteiger partial charge >= 0.3 is 5.97 Å². The molecule has 2 atom stereocenters. The second-order valence-corrected chi connectivity index (χ2v) is 8.07. The van der Waals surface area contributed by atoms with Gasteiger partial charge in [-0.3, -0.25) is 4.79 Å². The number of hydrogen-bond acceptors (Lipinski definition) is 5. The topological polar surface area (TPSA) is 77.3 Å². The maximum absolute atomic E-state index is 12.5. The molecule has 2 aromatic rings. The molecule has 1 saturated heterocycles. The number of likely N-dealkylation sites (tertiary alicyclic amines) is 1. The van der Waals surface area contributed by atoms with Crippen LogP contribution in [0.1, 0.15) is 42.1 Å². The van der Waals surface area contributed by atoms with Gasteiger partial charge in [0.05, 0.1) is 10.7 Å². The number of amides is 1. The van der Waals surface area contributed by atoms with E-state index in [-0.39, 0.29) is 23.2 Å². The van der Waals surface area contributed by atoms with Crippen molar-refractivity contribution in [3.63, 3.8) is 0 Å². The number of ether oxygens (including phenoxy) is 1. The molecule has 7 nitrogen and oxygen atoms in total. The Morgan fingerprint density at radius 3 is 2.50 bits per heavy atom. The van der Waals surface area contributed by atoms with Crippen LogP contribution in [0.2, 0.25) is 5.02 Å². The summed E-state index contributed by atoms with van der Waals surface area (Å²) in [5.41, 5.74) is 1.70. The van der Waals surface area contributed by atoms with Crippen molar-refractivity contribution in [2.45, 2.75) is 34.1 Å². The van der Waals surface area contributed by atoms with Gasteiger partial charge in [0.15, 0.2) is 18.1 Å². The summed E-state index contributed by atoms with van der Waals surface area (Å²) in [5.74, 6) is 0.429. The van der Waals surface area contributed by atoms with Gasteiger partial charge in [-0.1, -0.05) is 25.4 Å². The summed E-state index contributed by atoms with van der Waals surface area (Å²) in [6.45, 7) is 9.07. The van der Waals surface area contributed by atoms with Crippen molar-refractivity contribution in [1.82, 2.24) is 19.7 Å². The molecule has 1 fully saturated rings. The van der Waals surface area contributed by atoms with E-state index < -0.39 is 5.97 Å². The zero-order chi connectivity index (χ0) is 20.4. The van der Waals surface area contributed by atoms with Gasteiger partial charge in [-0.15, -0.1) is 0 Å². The molecule has 1 aliphatic rings. The number of hydrogen-bond donors (Lipinski definition) is 0. The fraction of sp³-hybridized carbons (Fsp3) is 0.500. The molecule has 0 N–H and O–H groups in total. The fourth-order valence-corrected chi connectivity index (χ4v) is 3.89. The van der Waals surface area contributed by atoms with Crippen molar-refractivity contribution >= 4 is 23.5 Å². The van der Waals surface area contributed by atoms with E-state index in [1.54, 1.807) is 21.7 Å². The molecule has 2 unspecified atom stereocenters. The van der Waals surface area contributed by atoms with Crippen molar-refractivity contribution < 1.29 is 14.3 Å². The fourth-order valence-electron chi connectivity index (χ4n) is 3.71. The van der Waals surface area contributed by atoms with E-state index in [2.05, 4.69) is 23.9 Å². The Morgan fingerprint density at radius 2 is 1.89 bits per heavy atom. The van der Waals surface area contributed by atoms with Gasteiger partial charge in [0, 0.05) is 18.8 Å². The normalized spacial score (nSPS) is 19.5. The van der Waals surface area contributed by atoms with Crippen LogP contribution < -0.4 is 0 Å². The highest BCUT2D eigenvalue weighted by Gasteiger charge is 2.26. The first kappa shape index (κ1) is 20.3. The van der Waals surface area contributed by atoms with E-state index >= 15 is 0 Å². The molecular formula is C20H25ClN4O3. The molecule has 0 saturated carbocycles. The van der Waals surface area contributed by atoms with Crippen molar-refractivity contribution in [3.8, 4) is 5.82 Å². The second kappa shape index (κ2) is 8.31. The van der Waals surface area contributed by atoms with E-state index in [0.717, 1.165) is 17.8 Å². The zero-order valence-electron chi connectivity index (χ0n) is 16.6. The highest BCUT2D eigenvalue weighted by molar-refractivity contribution is 6.33. The maximum Gasteiger partial charge on any atom is 0.359 e. The molecule has 1 amide bonds. The molecular weight excluding hydrogens is 380 g/mol. The summed E-state index contributed by atoms with van der Waals surface area (Å²) in [4.78, 5) is 31.0. The molecule has 0 spiro atoms. The highest BCUT2D eigenvalue weighted by atomic mass is 35.5. The third kappa shape index (κ3) is 4.52. The first-order valence-corrected chi connectivity index (χ1v) is 9.77. The molecule has 150 valence electrons. The molecule has 0 aromatic carbocycles. The summed E-state index contributed by atoms with van der Waals surface area (Å²) in [6.07, 6.45) is 1.10. The maximum atomic E-state index is 12.5. The van der Waals surface area contributed by atoms with Gasteiger partial charge in [0.2, 0.25) is 0 Å². The molecule has 3 rings (SSSR count). The van der Waals surface area contributed by atoms with Gasteiger partial charge in [0.25, 0.3) is 5.91 Å². The smallest absolute Gasteiger partial charge is 0.359 e. The molecule has 0 bridgehead atoms. The van der Waals surface area contributed by atoms with Crippen LogP contribution in [0.3, 0.4) is 0 Å². The predicted octanol–water partition coefficient (Wildman–Crippen LogP) is 3.20. The van der Waals surface area contributed by atoms with Crippen LogP contribution in [-0.2, 0) is 9.53 Å². The van der Waals surface area contributed by atoms with Crippen LogP contribution in [0.5, 0.6) is 0 Å². The molecule has 8 heteroatoms. The summed E-state index contributed by atoms with van der Waals surface area (Å²) < 4.78 is 6.84. The standard InChI is InChI=1S/C20H25ClN4O3/c1-12-7-13(2)10-24(9-12)18(26)11-28-20(27)19-16(21)5-6-17(22-19)25-15(4)8-14(3)23-25/h5-6,8,12-13H,7,9-11H2,1-4H3. The Kier molecular flexibility index (Phi) is 6.03. The molecule has 1 aliphatic heterocycles. The van der Waals surface area contributed by atoms with Crippen LogP contribution in [-0.4, -0.2) is 51.2 Å². The van der Waals surface area contributed by atoms with Crippen LogP contribution in [0.25, 0.3) is 5.82 Å². The van der Waals surface area contributed by atoms with Gasteiger partial charge in [-0.25, -0.2) is 14.5 Å². The minimum absolute atomic E-state index is 0.0279. The molecule has 2 aromatic heterocycles. The molecule has 0 aliphatic carbocycles. The number of halogens is 1. The van der Waals surface area contributed by atoms with E-state index in [1.807, 2.05) is 19.9 Å². The Morgan fingerprint density at radius 1 is 1.21 bits per heavy atom. The lowest BCUT2D eigenvalue weighted by molar-refractivity contribution is -0.137. The summed E-state index contributed by atoms with van der Waals surface area (Å²) in [7, 11) is 0. The Balaban J connectivity index is 1.69. The number of nitrogens with zero attached hydrogens (tertiary/aromatic N) is 4. The summed E-state index contributed by atoms with van der Waals surface area (Å²) in [5, 5.41) is 4.53. The number of carbonyl (C=O) groups is 2. The lowest BCUT2D eigenvalue weighted by atomic mass is 9.92. The first-order valence-electron chi connectivity index (χ1n) is 9.39. The Bertz CT molecular complexity index is 886.